The smallest absolute Gasteiger partial charge is 0.253 e. The second kappa shape index (κ2) is 7.05. The molecule has 0 radical (unpaired) electrons. The van der Waals surface area contributed by atoms with Crippen LogP contribution in [0.25, 0.3) is 0 Å². The van der Waals surface area contributed by atoms with Crippen LogP contribution in [0.1, 0.15) is 40.1 Å². The maximum atomic E-state index is 12.8. The zero-order chi connectivity index (χ0) is 17.1. The van der Waals surface area contributed by atoms with Gasteiger partial charge in [0.1, 0.15) is 5.75 Å². The van der Waals surface area contributed by atoms with Gasteiger partial charge >= 0.3 is 0 Å². The first kappa shape index (κ1) is 16.5. The molecule has 1 heterocycles. The van der Waals surface area contributed by atoms with E-state index in [1.807, 2.05) is 50.2 Å². The van der Waals surface area contributed by atoms with Crippen LogP contribution < -0.4 is 4.74 Å². The Morgan fingerprint density at radius 1 is 1.25 bits per heavy atom. The molecular formula is C20H23NO3. The van der Waals surface area contributed by atoms with E-state index in [-0.39, 0.29) is 12.5 Å². The zero-order valence-electron chi connectivity index (χ0n) is 14.2. The Morgan fingerprint density at radius 2 is 2.00 bits per heavy atom. The number of amides is 1. The number of hydrogen-bond donors (Lipinski definition) is 1. The summed E-state index contributed by atoms with van der Waals surface area (Å²) in [6.07, 6.45) is 0.154. The average Bonchev–Trinajstić information content (AvgIpc) is 3.07. The van der Waals surface area contributed by atoms with Crippen molar-refractivity contribution < 1.29 is 14.6 Å². The SMILES string of the molecule is CCN(CC(O)c1ccc(C)cc1)C(=O)c1ccc2c(c1)CCO2. The molecular weight excluding hydrogens is 302 g/mol. The lowest BCUT2D eigenvalue weighted by Crippen LogP contribution is -2.34. The highest BCUT2D eigenvalue weighted by atomic mass is 16.5. The van der Waals surface area contributed by atoms with Crippen molar-refractivity contribution in [3.63, 3.8) is 0 Å². The second-order valence-electron chi connectivity index (χ2n) is 6.19. The minimum Gasteiger partial charge on any atom is -0.493 e. The van der Waals surface area contributed by atoms with Gasteiger partial charge in [-0.05, 0) is 43.2 Å². The van der Waals surface area contributed by atoms with Gasteiger partial charge in [0.2, 0.25) is 0 Å². The zero-order valence-corrected chi connectivity index (χ0v) is 14.2. The van der Waals surface area contributed by atoms with E-state index in [9.17, 15) is 9.90 Å². The summed E-state index contributed by atoms with van der Waals surface area (Å²) in [7, 11) is 0. The Balaban J connectivity index is 1.73. The number of ether oxygens (including phenoxy) is 1. The molecule has 1 unspecified atom stereocenters. The molecule has 1 N–H and O–H groups in total. The summed E-state index contributed by atoms with van der Waals surface area (Å²) in [5.41, 5.74) is 3.71. The number of likely N-dealkylation sites (N-methyl/N-ethyl adjacent to an activating group) is 1. The fourth-order valence-corrected chi connectivity index (χ4v) is 2.96. The van der Waals surface area contributed by atoms with Crippen molar-refractivity contribution >= 4 is 5.91 Å². The number of aryl methyl sites for hydroxylation is 1. The molecule has 0 fully saturated rings. The summed E-state index contributed by atoms with van der Waals surface area (Å²) in [6.45, 7) is 5.45. The monoisotopic (exact) mass is 325 g/mol. The van der Waals surface area contributed by atoms with Crippen molar-refractivity contribution in [2.75, 3.05) is 19.7 Å². The van der Waals surface area contributed by atoms with Gasteiger partial charge in [-0.3, -0.25) is 4.79 Å². The topological polar surface area (TPSA) is 49.8 Å². The molecule has 0 saturated heterocycles. The van der Waals surface area contributed by atoms with Gasteiger partial charge in [-0.1, -0.05) is 29.8 Å². The van der Waals surface area contributed by atoms with E-state index in [1.54, 1.807) is 11.0 Å². The minimum absolute atomic E-state index is 0.0571. The van der Waals surface area contributed by atoms with Gasteiger partial charge in [0, 0.05) is 18.5 Å². The van der Waals surface area contributed by atoms with Crippen LogP contribution in [0.15, 0.2) is 42.5 Å². The van der Waals surface area contributed by atoms with Gasteiger partial charge < -0.3 is 14.7 Å². The molecule has 1 amide bonds. The molecule has 1 atom stereocenters. The molecule has 3 rings (SSSR count). The number of aliphatic hydroxyl groups excluding tert-OH is 1. The molecule has 24 heavy (non-hydrogen) atoms. The highest BCUT2D eigenvalue weighted by Crippen LogP contribution is 2.26. The second-order valence-corrected chi connectivity index (χ2v) is 6.19. The van der Waals surface area contributed by atoms with Gasteiger partial charge in [0.15, 0.2) is 0 Å². The van der Waals surface area contributed by atoms with E-state index in [4.69, 9.17) is 4.74 Å². The highest BCUT2D eigenvalue weighted by molar-refractivity contribution is 5.94. The quantitative estimate of drug-likeness (QED) is 0.919. The number of nitrogens with zero attached hydrogens (tertiary/aromatic N) is 1. The third-order valence-electron chi connectivity index (χ3n) is 4.46. The number of carbonyl (C=O) groups is 1. The molecule has 0 bridgehead atoms. The van der Waals surface area contributed by atoms with Gasteiger partial charge in [0.25, 0.3) is 5.91 Å². The highest BCUT2D eigenvalue weighted by Gasteiger charge is 2.21. The molecule has 126 valence electrons. The summed E-state index contributed by atoms with van der Waals surface area (Å²) in [6, 6.07) is 13.3. The van der Waals surface area contributed by atoms with Crippen LogP contribution in [0.5, 0.6) is 5.75 Å². The van der Waals surface area contributed by atoms with Crippen LogP contribution in [0.4, 0.5) is 0 Å². The van der Waals surface area contributed by atoms with E-state index in [1.165, 1.54) is 0 Å². The van der Waals surface area contributed by atoms with Crippen LogP contribution in [-0.2, 0) is 6.42 Å². The molecule has 0 aromatic heterocycles. The molecule has 0 spiro atoms. The summed E-state index contributed by atoms with van der Waals surface area (Å²) < 4.78 is 5.49. The number of carbonyl (C=O) groups excluding carboxylic acids is 1. The molecule has 1 aliphatic rings. The van der Waals surface area contributed by atoms with E-state index in [0.29, 0.717) is 18.7 Å². The largest absolute Gasteiger partial charge is 0.493 e. The number of rotatable bonds is 5. The Labute approximate surface area is 142 Å². The van der Waals surface area contributed by atoms with Crippen molar-refractivity contribution in [3.05, 3.63) is 64.7 Å². The summed E-state index contributed by atoms with van der Waals surface area (Å²) in [5, 5.41) is 10.4. The maximum Gasteiger partial charge on any atom is 0.253 e. The molecule has 4 heteroatoms. The Hall–Kier alpha value is -2.33. The van der Waals surface area contributed by atoms with E-state index < -0.39 is 6.10 Å². The molecule has 0 saturated carbocycles. The fraction of sp³-hybridized carbons (Fsp3) is 0.350. The van der Waals surface area contributed by atoms with Crippen LogP contribution in [0.3, 0.4) is 0 Å². The van der Waals surface area contributed by atoms with Crippen LogP contribution in [0.2, 0.25) is 0 Å². The molecule has 0 aliphatic carbocycles. The predicted octanol–water partition coefficient (Wildman–Crippen LogP) is 3.13. The van der Waals surface area contributed by atoms with Crippen molar-refractivity contribution in [2.24, 2.45) is 0 Å². The molecule has 4 nitrogen and oxygen atoms in total. The first-order valence-corrected chi connectivity index (χ1v) is 8.38. The predicted molar refractivity (Wildman–Crippen MR) is 93.4 cm³/mol. The van der Waals surface area contributed by atoms with Crippen molar-refractivity contribution in [1.29, 1.82) is 0 Å². The lowest BCUT2D eigenvalue weighted by molar-refractivity contribution is 0.0635. The number of hydrogen-bond acceptors (Lipinski definition) is 3. The molecule has 2 aromatic carbocycles. The lowest BCUT2D eigenvalue weighted by atomic mass is 10.1. The normalized spacial score (nSPS) is 14.0. The van der Waals surface area contributed by atoms with Crippen LogP contribution in [-0.4, -0.2) is 35.6 Å². The summed E-state index contributed by atoms with van der Waals surface area (Å²) >= 11 is 0. The van der Waals surface area contributed by atoms with Gasteiger partial charge in [0.05, 0.1) is 19.3 Å². The third kappa shape index (κ3) is 3.44. The fourth-order valence-electron chi connectivity index (χ4n) is 2.96. The Morgan fingerprint density at radius 3 is 2.71 bits per heavy atom. The van der Waals surface area contributed by atoms with E-state index in [2.05, 4.69) is 0 Å². The van der Waals surface area contributed by atoms with Crippen LogP contribution in [0, 0.1) is 6.92 Å². The summed E-state index contributed by atoms with van der Waals surface area (Å²) in [5.74, 6) is 0.813. The standard InChI is InChI=1S/C20H23NO3/c1-3-21(13-18(22)15-6-4-14(2)5-7-15)20(23)17-8-9-19-16(12-17)10-11-24-19/h4-9,12,18,22H,3,10-11,13H2,1-2H3. The lowest BCUT2D eigenvalue weighted by Gasteiger charge is -2.24. The van der Waals surface area contributed by atoms with Crippen LogP contribution >= 0.6 is 0 Å². The third-order valence-corrected chi connectivity index (χ3v) is 4.46. The van der Waals surface area contributed by atoms with E-state index >= 15 is 0 Å². The van der Waals surface area contributed by atoms with Crippen molar-refractivity contribution in [3.8, 4) is 5.75 Å². The average molecular weight is 325 g/mol. The first-order valence-electron chi connectivity index (χ1n) is 8.38. The first-order chi connectivity index (χ1) is 11.6. The van der Waals surface area contributed by atoms with E-state index in [0.717, 1.165) is 28.9 Å². The van der Waals surface area contributed by atoms with Crippen molar-refractivity contribution in [2.45, 2.75) is 26.4 Å². The Bertz CT molecular complexity index is 724. The molecule has 2 aromatic rings. The minimum atomic E-state index is -0.688. The number of fused-ring (bicyclic) bond motifs is 1. The van der Waals surface area contributed by atoms with Gasteiger partial charge in [-0.2, -0.15) is 0 Å². The number of benzene rings is 2. The summed E-state index contributed by atoms with van der Waals surface area (Å²) in [4.78, 5) is 14.5. The van der Waals surface area contributed by atoms with Crippen molar-refractivity contribution in [1.82, 2.24) is 4.90 Å². The maximum absolute atomic E-state index is 12.8. The molecule has 1 aliphatic heterocycles. The van der Waals surface area contributed by atoms with Gasteiger partial charge in [-0.15, -0.1) is 0 Å². The number of aliphatic hydroxyl groups is 1. The Kier molecular flexibility index (Phi) is 4.86. The van der Waals surface area contributed by atoms with Gasteiger partial charge in [-0.25, -0.2) is 0 Å².